The third-order valence-corrected chi connectivity index (χ3v) is 4.73. The molecule has 0 bridgehead atoms. The lowest BCUT2D eigenvalue weighted by Gasteiger charge is -2.34. The Kier molecular flexibility index (Phi) is 5.54. The normalized spacial score (nSPS) is 16.8. The second-order valence-corrected chi connectivity index (χ2v) is 6.33. The Morgan fingerprint density at radius 2 is 1.92 bits per heavy atom. The SMILES string of the molecule is O=C(c1cccnn1)N1CCC([C@H](O)CCc2ccccc2)CC1. The van der Waals surface area contributed by atoms with E-state index in [2.05, 4.69) is 22.3 Å². The van der Waals surface area contributed by atoms with Crippen LogP contribution in [0.2, 0.25) is 0 Å². The van der Waals surface area contributed by atoms with Gasteiger partial charge in [0.25, 0.3) is 5.91 Å². The molecule has 1 aromatic carbocycles. The molecule has 5 nitrogen and oxygen atoms in total. The van der Waals surface area contributed by atoms with Crippen molar-refractivity contribution in [2.45, 2.75) is 31.8 Å². The minimum Gasteiger partial charge on any atom is -0.393 e. The molecule has 1 saturated heterocycles. The topological polar surface area (TPSA) is 66.3 Å². The molecule has 1 atom stereocenters. The first-order valence-electron chi connectivity index (χ1n) is 8.53. The van der Waals surface area contributed by atoms with E-state index in [1.807, 2.05) is 23.1 Å². The van der Waals surface area contributed by atoms with Crippen LogP contribution in [0.3, 0.4) is 0 Å². The van der Waals surface area contributed by atoms with Crippen LogP contribution in [-0.4, -0.2) is 45.3 Å². The number of amides is 1. The maximum absolute atomic E-state index is 12.3. The molecule has 0 saturated carbocycles. The Labute approximate surface area is 142 Å². The van der Waals surface area contributed by atoms with Crippen molar-refractivity contribution < 1.29 is 9.90 Å². The van der Waals surface area contributed by atoms with Gasteiger partial charge in [0.05, 0.1) is 6.10 Å². The number of hydrogen-bond acceptors (Lipinski definition) is 4. The predicted molar refractivity (Wildman–Crippen MR) is 91.4 cm³/mol. The van der Waals surface area contributed by atoms with E-state index in [0.717, 1.165) is 25.7 Å². The maximum Gasteiger partial charge on any atom is 0.274 e. The number of rotatable bonds is 5. The van der Waals surface area contributed by atoms with Crippen LogP contribution >= 0.6 is 0 Å². The summed E-state index contributed by atoms with van der Waals surface area (Å²) in [6.45, 7) is 1.34. The van der Waals surface area contributed by atoms with Crippen molar-refractivity contribution in [3.63, 3.8) is 0 Å². The van der Waals surface area contributed by atoms with Crippen LogP contribution in [0.25, 0.3) is 0 Å². The molecule has 5 heteroatoms. The highest BCUT2D eigenvalue weighted by Gasteiger charge is 2.28. The van der Waals surface area contributed by atoms with Crippen molar-refractivity contribution in [3.05, 3.63) is 59.9 Å². The van der Waals surface area contributed by atoms with Crippen LogP contribution in [0.15, 0.2) is 48.7 Å². The van der Waals surface area contributed by atoms with Gasteiger partial charge < -0.3 is 10.0 Å². The lowest BCUT2D eigenvalue weighted by atomic mass is 9.88. The minimum absolute atomic E-state index is 0.0691. The number of likely N-dealkylation sites (tertiary alicyclic amines) is 1. The zero-order chi connectivity index (χ0) is 16.8. The van der Waals surface area contributed by atoms with Crippen LogP contribution in [0, 0.1) is 5.92 Å². The standard InChI is InChI=1S/C19H23N3O2/c23-18(9-8-15-5-2-1-3-6-15)16-10-13-22(14-11-16)19(24)17-7-4-12-20-21-17/h1-7,12,16,18,23H,8-11,13-14H2/t18-/m1/s1. The number of nitrogens with zero attached hydrogens (tertiary/aromatic N) is 3. The first kappa shape index (κ1) is 16.6. The summed E-state index contributed by atoms with van der Waals surface area (Å²) in [5.74, 6) is 0.194. The minimum atomic E-state index is -0.307. The molecule has 0 spiro atoms. The van der Waals surface area contributed by atoms with Gasteiger partial charge in [-0.15, -0.1) is 5.10 Å². The zero-order valence-corrected chi connectivity index (χ0v) is 13.7. The van der Waals surface area contributed by atoms with Crippen molar-refractivity contribution in [2.24, 2.45) is 5.92 Å². The summed E-state index contributed by atoms with van der Waals surface area (Å²) in [6.07, 6.45) is 4.59. The van der Waals surface area contributed by atoms with Crippen LogP contribution in [0.1, 0.15) is 35.3 Å². The summed E-state index contributed by atoms with van der Waals surface area (Å²) in [5.41, 5.74) is 1.65. The van der Waals surface area contributed by atoms with Gasteiger partial charge in [0.2, 0.25) is 0 Å². The Bertz CT molecular complexity index is 640. The zero-order valence-electron chi connectivity index (χ0n) is 13.7. The average Bonchev–Trinajstić information content (AvgIpc) is 2.67. The van der Waals surface area contributed by atoms with E-state index < -0.39 is 0 Å². The fraction of sp³-hybridized carbons (Fsp3) is 0.421. The molecule has 1 fully saturated rings. The fourth-order valence-electron chi connectivity index (χ4n) is 3.26. The number of aliphatic hydroxyl groups is 1. The van der Waals surface area contributed by atoms with E-state index in [1.54, 1.807) is 18.3 Å². The molecule has 1 aromatic heterocycles. The molecule has 2 aromatic rings. The molecule has 24 heavy (non-hydrogen) atoms. The van der Waals surface area contributed by atoms with E-state index in [1.165, 1.54) is 5.56 Å². The van der Waals surface area contributed by atoms with E-state index in [9.17, 15) is 9.90 Å². The molecule has 0 radical (unpaired) electrons. The molecule has 1 amide bonds. The highest BCUT2D eigenvalue weighted by atomic mass is 16.3. The summed E-state index contributed by atoms with van der Waals surface area (Å²) >= 11 is 0. The van der Waals surface area contributed by atoms with E-state index in [-0.39, 0.29) is 17.9 Å². The number of hydrogen-bond donors (Lipinski definition) is 1. The molecular weight excluding hydrogens is 302 g/mol. The average molecular weight is 325 g/mol. The second-order valence-electron chi connectivity index (χ2n) is 6.33. The number of carbonyl (C=O) groups is 1. The summed E-state index contributed by atoms with van der Waals surface area (Å²) in [5, 5.41) is 18.1. The van der Waals surface area contributed by atoms with Gasteiger partial charge in [0, 0.05) is 19.3 Å². The third-order valence-electron chi connectivity index (χ3n) is 4.73. The van der Waals surface area contributed by atoms with E-state index >= 15 is 0 Å². The summed E-state index contributed by atoms with van der Waals surface area (Å²) in [7, 11) is 0. The molecule has 0 unspecified atom stereocenters. The van der Waals surface area contributed by atoms with Gasteiger partial charge in [-0.05, 0) is 49.3 Å². The Morgan fingerprint density at radius 1 is 1.17 bits per heavy atom. The second kappa shape index (κ2) is 8.02. The largest absolute Gasteiger partial charge is 0.393 e. The Balaban J connectivity index is 1.47. The molecule has 0 aliphatic carbocycles. The van der Waals surface area contributed by atoms with Crippen molar-refractivity contribution in [1.29, 1.82) is 0 Å². The number of benzene rings is 1. The van der Waals surface area contributed by atoms with Gasteiger partial charge >= 0.3 is 0 Å². The van der Waals surface area contributed by atoms with Gasteiger partial charge in [-0.3, -0.25) is 4.79 Å². The van der Waals surface area contributed by atoms with Gasteiger partial charge in [0.1, 0.15) is 0 Å². The Hall–Kier alpha value is -2.27. The lowest BCUT2D eigenvalue weighted by Crippen LogP contribution is -2.41. The monoisotopic (exact) mass is 325 g/mol. The first-order valence-corrected chi connectivity index (χ1v) is 8.53. The van der Waals surface area contributed by atoms with Crippen LogP contribution < -0.4 is 0 Å². The lowest BCUT2D eigenvalue weighted by molar-refractivity contribution is 0.0433. The van der Waals surface area contributed by atoms with Crippen LogP contribution in [-0.2, 0) is 6.42 Å². The molecule has 126 valence electrons. The van der Waals surface area contributed by atoms with E-state index in [4.69, 9.17) is 0 Å². The molecular formula is C19H23N3O2. The van der Waals surface area contributed by atoms with Crippen molar-refractivity contribution >= 4 is 5.91 Å². The van der Waals surface area contributed by atoms with Gasteiger partial charge in [-0.1, -0.05) is 30.3 Å². The van der Waals surface area contributed by atoms with Gasteiger partial charge in [-0.2, -0.15) is 5.10 Å². The van der Waals surface area contributed by atoms with Gasteiger partial charge in [0.15, 0.2) is 5.69 Å². The molecule has 2 heterocycles. The predicted octanol–water partition coefficient (Wildman–Crippen LogP) is 2.32. The molecule has 1 aliphatic heterocycles. The van der Waals surface area contributed by atoms with Gasteiger partial charge in [-0.25, -0.2) is 0 Å². The smallest absolute Gasteiger partial charge is 0.274 e. The molecule has 3 rings (SSSR count). The molecule has 1 N–H and O–H groups in total. The summed E-state index contributed by atoms with van der Waals surface area (Å²) in [6, 6.07) is 13.7. The van der Waals surface area contributed by atoms with Crippen LogP contribution in [0.5, 0.6) is 0 Å². The number of carbonyl (C=O) groups excluding carboxylic acids is 1. The quantitative estimate of drug-likeness (QED) is 0.916. The fourth-order valence-corrected chi connectivity index (χ4v) is 3.26. The molecule has 1 aliphatic rings. The third kappa shape index (κ3) is 4.17. The van der Waals surface area contributed by atoms with Crippen molar-refractivity contribution in [2.75, 3.05) is 13.1 Å². The van der Waals surface area contributed by atoms with Crippen molar-refractivity contribution in [1.82, 2.24) is 15.1 Å². The first-order chi connectivity index (χ1) is 11.7. The number of aliphatic hydroxyl groups excluding tert-OH is 1. The number of aryl methyl sites for hydroxylation is 1. The van der Waals surface area contributed by atoms with Crippen LogP contribution in [0.4, 0.5) is 0 Å². The van der Waals surface area contributed by atoms with E-state index in [0.29, 0.717) is 18.8 Å². The van der Waals surface area contributed by atoms with Crippen molar-refractivity contribution in [3.8, 4) is 0 Å². The highest BCUT2D eigenvalue weighted by Crippen LogP contribution is 2.24. The number of aromatic nitrogens is 2. The highest BCUT2D eigenvalue weighted by molar-refractivity contribution is 5.92. The Morgan fingerprint density at radius 3 is 2.58 bits per heavy atom. The summed E-state index contributed by atoms with van der Waals surface area (Å²) < 4.78 is 0. The maximum atomic E-state index is 12.3. The summed E-state index contributed by atoms with van der Waals surface area (Å²) in [4.78, 5) is 14.2. The number of piperidine rings is 1.